The Bertz CT molecular complexity index is 1050. The van der Waals surface area contributed by atoms with Gasteiger partial charge in [0.1, 0.15) is 0 Å². The van der Waals surface area contributed by atoms with Gasteiger partial charge in [-0.2, -0.15) is 0 Å². The largest absolute Gasteiger partial charge is 0.231 e. The van der Waals surface area contributed by atoms with Crippen LogP contribution in [0.3, 0.4) is 0 Å². The van der Waals surface area contributed by atoms with E-state index in [2.05, 4.69) is 77.6 Å². The molecule has 0 saturated carbocycles. The molecule has 0 unspecified atom stereocenters. The van der Waals surface area contributed by atoms with Crippen molar-refractivity contribution in [2.75, 3.05) is 0 Å². The molecule has 128 valence electrons. The first-order chi connectivity index (χ1) is 12.8. The standard InChI is InChI=1S/C22H18N2S2/c1-16-19-9-5-6-10-21(19)26-20(16)12-11-18-13-14-23-22(24-18)25-15-17-7-3-2-4-8-17/h2-14H,15H2,1H3/b12-11+. The first-order valence-corrected chi connectivity index (χ1v) is 10.3. The number of hydrogen-bond donors (Lipinski definition) is 0. The Balaban J connectivity index is 1.51. The van der Waals surface area contributed by atoms with Crippen LogP contribution in [0.4, 0.5) is 0 Å². The van der Waals surface area contributed by atoms with Crippen molar-refractivity contribution >= 4 is 45.3 Å². The zero-order valence-corrected chi connectivity index (χ0v) is 16.1. The predicted octanol–water partition coefficient (Wildman–Crippen LogP) is 6.46. The summed E-state index contributed by atoms with van der Waals surface area (Å²) in [4.78, 5) is 10.3. The number of thioether (sulfide) groups is 1. The third-order valence-corrected chi connectivity index (χ3v) is 6.32. The molecule has 2 aromatic carbocycles. The molecule has 0 fully saturated rings. The summed E-state index contributed by atoms with van der Waals surface area (Å²) in [6.07, 6.45) is 6.07. The number of aromatic nitrogens is 2. The third kappa shape index (κ3) is 3.87. The van der Waals surface area contributed by atoms with Crippen molar-refractivity contribution in [2.24, 2.45) is 0 Å². The molecule has 0 saturated heterocycles. The van der Waals surface area contributed by atoms with E-state index in [1.807, 2.05) is 29.7 Å². The highest BCUT2D eigenvalue weighted by Gasteiger charge is 2.05. The minimum atomic E-state index is 0.809. The van der Waals surface area contributed by atoms with Crippen LogP contribution in [-0.2, 0) is 5.75 Å². The number of fused-ring (bicyclic) bond motifs is 1. The van der Waals surface area contributed by atoms with Gasteiger partial charge in [0.25, 0.3) is 0 Å². The van der Waals surface area contributed by atoms with Crippen LogP contribution in [0.2, 0.25) is 0 Å². The smallest absolute Gasteiger partial charge is 0.188 e. The van der Waals surface area contributed by atoms with E-state index in [1.54, 1.807) is 11.8 Å². The van der Waals surface area contributed by atoms with Crippen molar-refractivity contribution in [3.63, 3.8) is 0 Å². The Morgan fingerprint density at radius 3 is 2.62 bits per heavy atom. The van der Waals surface area contributed by atoms with Gasteiger partial charge in [-0.05, 0) is 47.7 Å². The number of thiophene rings is 1. The Hall–Kier alpha value is -2.43. The summed E-state index contributed by atoms with van der Waals surface area (Å²) in [5, 5.41) is 2.14. The average molecular weight is 375 g/mol. The molecular weight excluding hydrogens is 356 g/mol. The number of rotatable bonds is 5. The Kier molecular flexibility index (Phi) is 5.14. The zero-order chi connectivity index (χ0) is 17.8. The number of benzene rings is 2. The minimum Gasteiger partial charge on any atom is -0.231 e. The third-order valence-electron chi connectivity index (χ3n) is 4.15. The molecule has 0 bridgehead atoms. The maximum absolute atomic E-state index is 4.66. The molecule has 2 aromatic heterocycles. The van der Waals surface area contributed by atoms with Crippen molar-refractivity contribution in [3.05, 3.63) is 88.6 Å². The maximum atomic E-state index is 4.66. The molecule has 26 heavy (non-hydrogen) atoms. The monoisotopic (exact) mass is 374 g/mol. The van der Waals surface area contributed by atoms with E-state index in [-0.39, 0.29) is 0 Å². The lowest BCUT2D eigenvalue weighted by Gasteiger charge is -2.01. The van der Waals surface area contributed by atoms with Crippen LogP contribution >= 0.6 is 23.1 Å². The van der Waals surface area contributed by atoms with Gasteiger partial charge in [0.15, 0.2) is 5.16 Å². The van der Waals surface area contributed by atoms with Crippen LogP contribution in [-0.4, -0.2) is 9.97 Å². The van der Waals surface area contributed by atoms with Gasteiger partial charge in [0.2, 0.25) is 0 Å². The highest BCUT2D eigenvalue weighted by Crippen LogP contribution is 2.31. The van der Waals surface area contributed by atoms with Gasteiger partial charge >= 0.3 is 0 Å². The van der Waals surface area contributed by atoms with E-state index in [1.165, 1.54) is 26.1 Å². The molecule has 0 spiro atoms. The van der Waals surface area contributed by atoms with E-state index in [4.69, 9.17) is 0 Å². The Labute approximate surface area is 161 Å². The normalized spacial score (nSPS) is 11.4. The van der Waals surface area contributed by atoms with Crippen LogP contribution in [0, 0.1) is 6.92 Å². The second-order valence-corrected chi connectivity index (χ2v) is 7.99. The fourth-order valence-electron chi connectivity index (χ4n) is 2.75. The lowest BCUT2D eigenvalue weighted by molar-refractivity contribution is 0.957. The summed E-state index contributed by atoms with van der Waals surface area (Å²) in [6.45, 7) is 2.18. The van der Waals surface area contributed by atoms with Crippen LogP contribution < -0.4 is 0 Å². The summed E-state index contributed by atoms with van der Waals surface area (Å²) in [7, 11) is 0. The van der Waals surface area contributed by atoms with Crippen LogP contribution in [0.1, 0.15) is 21.7 Å². The van der Waals surface area contributed by atoms with Crippen molar-refractivity contribution in [3.8, 4) is 0 Å². The van der Waals surface area contributed by atoms with E-state index in [0.717, 1.165) is 16.6 Å². The van der Waals surface area contributed by atoms with Crippen molar-refractivity contribution in [1.29, 1.82) is 0 Å². The fraction of sp³-hybridized carbons (Fsp3) is 0.0909. The van der Waals surface area contributed by atoms with Gasteiger partial charge in [0.05, 0.1) is 5.69 Å². The summed E-state index contributed by atoms with van der Waals surface area (Å²) in [5.41, 5.74) is 3.55. The van der Waals surface area contributed by atoms with Crippen LogP contribution in [0.5, 0.6) is 0 Å². The van der Waals surface area contributed by atoms with Gasteiger partial charge in [-0.1, -0.05) is 60.3 Å². The molecule has 0 aliphatic heterocycles. The van der Waals surface area contributed by atoms with E-state index in [0.29, 0.717) is 0 Å². The summed E-state index contributed by atoms with van der Waals surface area (Å²) < 4.78 is 1.33. The average Bonchev–Trinajstić information content (AvgIpc) is 3.02. The van der Waals surface area contributed by atoms with Gasteiger partial charge in [-0.15, -0.1) is 11.3 Å². The molecule has 0 amide bonds. The molecule has 0 N–H and O–H groups in total. The lowest BCUT2D eigenvalue weighted by atomic mass is 10.1. The maximum Gasteiger partial charge on any atom is 0.188 e. The first kappa shape index (κ1) is 17.0. The second-order valence-electron chi connectivity index (χ2n) is 5.96. The number of nitrogens with zero attached hydrogens (tertiary/aromatic N) is 2. The van der Waals surface area contributed by atoms with Crippen LogP contribution in [0.15, 0.2) is 72.0 Å². The molecule has 4 heteroatoms. The van der Waals surface area contributed by atoms with Crippen molar-refractivity contribution < 1.29 is 0 Å². The molecule has 2 heterocycles. The molecule has 0 radical (unpaired) electrons. The highest BCUT2D eigenvalue weighted by molar-refractivity contribution is 7.98. The molecular formula is C22H18N2S2. The SMILES string of the molecule is Cc1c(/C=C/c2ccnc(SCc3ccccc3)n2)sc2ccccc12. The minimum absolute atomic E-state index is 0.809. The lowest BCUT2D eigenvalue weighted by Crippen LogP contribution is -1.89. The van der Waals surface area contributed by atoms with E-state index >= 15 is 0 Å². The number of hydrogen-bond acceptors (Lipinski definition) is 4. The highest BCUT2D eigenvalue weighted by atomic mass is 32.2. The van der Waals surface area contributed by atoms with Crippen molar-refractivity contribution in [1.82, 2.24) is 9.97 Å². The zero-order valence-electron chi connectivity index (χ0n) is 14.4. The Morgan fingerprint density at radius 1 is 0.962 bits per heavy atom. The second kappa shape index (κ2) is 7.85. The molecule has 0 aliphatic carbocycles. The summed E-state index contributed by atoms with van der Waals surface area (Å²) >= 11 is 3.48. The van der Waals surface area contributed by atoms with Crippen molar-refractivity contribution in [2.45, 2.75) is 17.8 Å². The molecule has 4 rings (SSSR count). The van der Waals surface area contributed by atoms with Gasteiger partial charge in [-0.3, -0.25) is 0 Å². The molecule has 0 atom stereocenters. The quantitative estimate of drug-likeness (QED) is 0.296. The predicted molar refractivity (Wildman–Crippen MR) is 114 cm³/mol. The molecule has 0 aliphatic rings. The Morgan fingerprint density at radius 2 is 1.77 bits per heavy atom. The van der Waals surface area contributed by atoms with E-state index < -0.39 is 0 Å². The topological polar surface area (TPSA) is 25.8 Å². The van der Waals surface area contributed by atoms with Gasteiger partial charge < -0.3 is 0 Å². The molecule has 2 nitrogen and oxygen atoms in total. The van der Waals surface area contributed by atoms with Gasteiger partial charge in [-0.25, -0.2) is 9.97 Å². The molecule has 4 aromatic rings. The summed E-state index contributed by atoms with van der Waals surface area (Å²) in [5.74, 6) is 0.878. The van der Waals surface area contributed by atoms with E-state index in [9.17, 15) is 0 Å². The fourth-order valence-corrected chi connectivity index (χ4v) is 4.66. The number of aryl methyl sites for hydroxylation is 1. The first-order valence-electron chi connectivity index (χ1n) is 8.45. The summed E-state index contributed by atoms with van der Waals surface area (Å²) in [6, 6.07) is 20.9. The van der Waals surface area contributed by atoms with Crippen LogP contribution in [0.25, 0.3) is 22.2 Å². The van der Waals surface area contributed by atoms with Gasteiger partial charge in [0, 0.05) is 21.5 Å².